The van der Waals surface area contributed by atoms with Crippen molar-refractivity contribution < 1.29 is 4.39 Å². The fourth-order valence-electron chi connectivity index (χ4n) is 2.32. The molecule has 1 aromatic carbocycles. The molecule has 3 rings (SSSR count). The molecule has 1 aromatic heterocycles. The van der Waals surface area contributed by atoms with Gasteiger partial charge in [0.15, 0.2) is 5.82 Å². The number of benzene rings is 1. The predicted molar refractivity (Wildman–Crippen MR) is 65.8 cm³/mol. The van der Waals surface area contributed by atoms with E-state index in [1.54, 1.807) is 0 Å². The van der Waals surface area contributed by atoms with Crippen molar-refractivity contribution in [3.8, 4) is 0 Å². The number of halogens is 2. The summed E-state index contributed by atoms with van der Waals surface area (Å²) >= 11 is 3.27. The van der Waals surface area contributed by atoms with Crippen LogP contribution in [0.25, 0.3) is 10.9 Å². The number of fused-ring (bicyclic) bond motifs is 2. The summed E-state index contributed by atoms with van der Waals surface area (Å²) in [7, 11) is 0. The number of anilines is 1. The molecule has 0 aliphatic heterocycles. The van der Waals surface area contributed by atoms with Gasteiger partial charge in [-0.15, -0.1) is 0 Å². The van der Waals surface area contributed by atoms with Crippen molar-refractivity contribution in [2.24, 2.45) is 0 Å². The molecule has 0 bridgehead atoms. The Morgan fingerprint density at radius 3 is 2.94 bits per heavy atom. The second-order valence-electron chi connectivity index (χ2n) is 4.09. The molecule has 16 heavy (non-hydrogen) atoms. The lowest BCUT2D eigenvalue weighted by atomic mass is 10.1. The quantitative estimate of drug-likeness (QED) is 0.805. The molecule has 0 fully saturated rings. The van der Waals surface area contributed by atoms with Gasteiger partial charge in [-0.25, -0.2) is 9.37 Å². The Labute approximate surface area is 101 Å². The van der Waals surface area contributed by atoms with Crippen molar-refractivity contribution in [1.82, 2.24) is 4.98 Å². The van der Waals surface area contributed by atoms with Crippen LogP contribution in [0.3, 0.4) is 0 Å². The van der Waals surface area contributed by atoms with E-state index in [1.165, 1.54) is 6.07 Å². The van der Waals surface area contributed by atoms with Crippen molar-refractivity contribution in [2.45, 2.75) is 19.3 Å². The predicted octanol–water partition coefficient (Wildman–Crippen LogP) is 3.21. The van der Waals surface area contributed by atoms with Crippen LogP contribution in [0.2, 0.25) is 0 Å². The lowest BCUT2D eigenvalue weighted by molar-refractivity contribution is 0.635. The van der Waals surface area contributed by atoms with Crippen LogP contribution >= 0.6 is 15.9 Å². The molecular formula is C12H10BrFN2. The third kappa shape index (κ3) is 1.33. The molecule has 1 aliphatic rings. The van der Waals surface area contributed by atoms with E-state index in [9.17, 15) is 4.39 Å². The summed E-state index contributed by atoms with van der Waals surface area (Å²) in [5.41, 5.74) is 9.23. The van der Waals surface area contributed by atoms with Gasteiger partial charge in [0.25, 0.3) is 0 Å². The molecule has 1 aliphatic carbocycles. The van der Waals surface area contributed by atoms with E-state index < -0.39 is 0 Å². The molecule has 82 valence electrons. The van der Waals surface area contributed by atoms with E-state index in [0.717, 1.165) is 30.5 Å². The molecule has 0 atom stereocenters. The Kier molecular flexibility index (Phi) is 2.14. The second-order valence-corrected chi connectivity index (χ2v) is 5.00. The van der Waals surface area contributed by atoms with E-state index in [0.29, 0.717) is 21.1 Å². The smallest absolute Gasteiger partial charge is 0.150 e. The zero-order chi connectivity index (χ0) is 11.3. The van der Waals surface area contributed by atoms with Gasteiger partial charge in [0.05, 0.1) is 0 Å². The molecule has 4 heteroatoms. The fourth-order valence-corrected chi connectivity index (χ4v) is 2.75. The van der Waals surface area contributed by atoms with E-state index in [2.05, 4.69) is 20.9 Å². The number of nitrogens with two attached hydrogens (primary N) is 1. The summed E-state index contributed by atoms with van der Waals surface area (Å²) in [6.45, 7) is 0. The summed E-state index contributed by atoms with van der Waals surface area (Å²) in [6, 6.07) is 3.26. The van der Waals surface area contributed by atoms with E-state index in [4.69, 9.17) is 5.73 Å². The Morgan fingerprint density at radius 1 is 1.31 bits per heavy atom. The Morgan fingerprint density at radius 2 is 2.12 bits per heavy atom. The van der Waals surface area contributed by atoms with Crippen molar-refractivity contribution in [3.05, 3.63) is 33.7 Å². The second kappa shape index (κ2) is 3.42. The monoisotopic (exact) mass is 280 g/mol. The molecule has 2 nitrogen and oxygen atoms in total. The van der Waals surface area contributed by atoms with Crippen LogP contribution in [0.4, 0.5) is 10.1 Å². The van der Waals surface area contributed by atoms with Crippen LogP contribution in [0.15, 0.2) is 16.6 Å². The largest absolute Gasteiger partial charge is 0.398 e. The van der Waals surface area contributed by atoms with Gasteiger partial charge in [-0.2, -0.15) is 0 Å². The van der Waals surface area contributed by atoms with Gasteiger partial charge in [0, 0.05) is 21.2 Å². The molecule has 0 amide bonds. The Balaban J connectivity index is 2.46. The SMILES string of the molecule is Nc1c2c(nc3c(F)cc(Br)cc13)CCC2. The maximum Gasteiger partial charge on any atom is 0.150 e. The van der Waals surface area contributed by atoms with E-state index in [-0.39, 0.29) is 5.82 Å². The minimum absolute atomic E-state index is 0.314. The first-order valence-electron chi connectivity index (χ1n) is 5.23. The summed E-state index contributed by atoms with van der Waals surface area (Å²) < 4.78 is 14.4. The van der Waals surface area contributed by atoms with Gasteiger partial charge in [0.2, 0.25) is 0 Å². The van der Waals surface area contributed by atoms with Crippen molar-refractivity contribution in [1.29, 1.82) is 0 Å². The molecule has 0 spiro atoms. The zero-order valence-corrected chi connectivity index (χ0v) is 10.1. The normalized spacial score (nSPS) is 14.4. The van der Waals surface area contributed by atoms with Crippen molar-refractivity contribution in [3.63, 3.8) is 0 Å². The highest BCUT2D eigenvalue weighted by molar-refractivity contribution is 9.10. The molecule has 0 saturated heterocycles. The standard InChI is InChI=1S/C12H10BrFN2/c13-6-4-8-11(15)7-2-1-3-10(7)16-12(8)9(14)5-6/h4-5H,1-3H2,(H2,15,16). The van der Waals surface area contributed by atoms with Crippen LogP contribution in [0.1, 0.15) is 17.7 Å². The first kappa shape index (κ1) is 10.0. The van der Waals surface area contributed by atoms with Gasteiger partial charge in [-0.05, 0) is 37.0 Å². The zero-order valence-electron chi connectivity index (χ0n) is 8.56. The third-order valence-electron chi connectivity index (χ3n) is 3.08. The molecule has 2 N–H and O–H groups in total. The van der Waals surface area contributed by atoms with Crippen molar-refractivity contribution >= 4 is 32.5 Å². The number of rotatable bonds is 0. The average molecular weight is 281 g/mol. The van der Waals surface area contributed by atoms with Crippen molar-refractivity contribution in [2.75, 3.05) is 5.73 Å². The average Bonchev–Trinajstić information content (AvgIpc) is 2.68. The van der Waals surface area contributed by atoms with Crippen LogP contribution in [0, 0.1) is 5.82 Å². The highest BCUT2D eigenvalue weighted by Crippen LogP contribution is 2.34. The number of aromatic nitrogens is 1. The lowest BCUT2D eigenvalue weighted by Crippen LogP contribution is -1.99. The van der Waals surface area contributed by atoms with E-state index >= 15 is 0 Å². The molecule has 1 heterocycles. The fraction of sp³-hybridized carbons (Fsp3) is 0.250. The minimum atomic E-state index is -0.314. The van der Waals surface area contributed by atoms with Gasteiger partial charge >= 0.3 is 0 Å². The first-order chi connectivity index (χ1) is 7.66. The topological polar surface area (TPSA) is 38.9 Å². The highest BCUT2D eigenvalue weighted by Gasteiger charge is 2.19. The molecule has 0 saturated carbocycles. The maximum atomic E-state index is 13.7. The molecule has 2 aromatic rings. The Hall–Kier alpha value is -1.16. The lowest BCUT2D eigenvalue weighted by Gasteiger charge is -2.09. The van der Waals surface area contributed by atoms with Crippen LogP contribution in [-0.2, 0) is 12.8 Å². The number of nitrogen functional groups attached to an aromatic ring is 1. The van der Waals surface area contributed by atoms with Gasteiger partial charge in [-0.1, -0.05) is 15.9 Å². The number of hydrogen-bond acceptors (Lipinski definition) is 2. The van der Waals surface area contributed by atoms with Gasteiger partial charge < -0.3 is 5.73 Å². The number of pyridine rings is 1. The molecule has 0 unspecified atom stereocenters. The van der Waals surface area contributed by atoms with Gasteiger partial charge in [-0.3, -0.25) is 0 Å². The summed E-state index contributed by atoms with van der Waals surface area (Å²) in [5, 5.41) is 0.715. The Bertz CT molecular complexity index is 595. The third-order valence-corrected chi connectivity index (χ3v) is 3.54. The highest BCUT2D eigenvalue weighted by atomic mass is 79.9. The van der Waals surface area contributed by atoms with Gasteiger partial charge in [0.1, 0.15) is 5.52 Å². The minimum Gasteiger partial charge on any atom is -0.398 e. The van der Waals surface area contributed by atoms with Crippen LogP contribution in [-0.4, -0.2) is 4.98 Å². The van der Waals surface area contributed by atoms with E-state index in [1.807, 2.05) is 6.07 Å². The molecule has 0 radical (unpaired) electrons. The van der Waals surface area contributed by atoms with Crippen LogP contribution < -0.4 is 5.73 Å². The summed E-state index contributed by atoms with van der Waals surface area (Å²) in [5.74, 6) is -0.314. The maximum absolute atomic E-state index is 13.7. The van der Waals surface area contributed by atoms with Crippen LogP contribution in [0.5, 0.6) is 0 Å². The number of aryl methyl sites for hydroxylation is 1. The summed E-state index contributed by atoms with van der Waals surface area (Å²) in [6.07, 6.45) is 2.93. The summed E-state index contributed by atoms with van der Waals surface area (Å²) in [4.78, 5) is 4.38. The first-order valence-corrected chi connectivity index (χ1v) is 6.02. The number of hydrogen-bond donors (Lipinski definition) is 1. The number of nitrogens with zero attached hydrogens (tertiary/aromatic N) is 1. The molecular weight excluding hydrogens is 271 g/mol.